The average Bonchev–Trinajstić information content (AvgIpc) is 3.25. The molecule has 6 heteroatoms. The van der Waals surface area contributed by atoms with E-state index in [4.69, 9.17) is 4.74 Å². The SMILES string of the molecule is Cc1nnc(SCC(=O)c2ccc3c(c2)CCO3)n1C1CCCC(C)C1. The fraction of sp³-hybridized carbons (Fsp3) is 0.550. The van der Waals surface area contributed by atoms with Crippen LogP contribution in [0.2, 0.25) is 0 Å². The first-order chi connectivity index (χ1) is 12.6. The Morgan fingerprint density at radius 1 is 1.35 bits per heavy atom. The number of Topliss-reactive ketones (excluding diaryl/α,β-unsaturated/α-hetero) is 1. The van der Waals surface area contributed by atoms with Crippen LogP contribution in [-0.4, -0.2) is 32.9 Å². The lowest BCUT2D eigenvalue weighted by molar-refractivity contribution is 0.102. The maximum absolute atomic E-state index is 12.6. The van der Waals surface area contributed by atoms with Crippen LogP contribution in [0, 0.1) is 12.8 Å². The smallest absolute Gasteiger partial charge is 0.191 e. The second kappa shape index (κ2) is 7.43. The second-order valence-corrected chi connectivity index (χ2v) is 8.40. The highest BCUT2D eigenvalue weighted by Crippen LogP contribution is 2.35. The first kappa shape index (κ1) is 17.6. The van der Waals surface area contributed by atoms with Gasteiger partial charge < -0.3 is 9.30 Å². The van der Waals surface area contributed by atoms with Crippen molar-refractivity contribution in [1.29, 1.82) is 0 Å². The minimum Gasteiger partial charge on any atom is -0.493 e. The summed E-state index contributed by atoms with van der Waals surface area (Å²) in [5.41, 5.74) is 1.90. The molecule has 0 bridgehead atoms. The Morgan fingerprint density at radius 2 is 2.23 bits per heavy atom. The van der Waals surface area contributed by atoms with E-state index < -0.39 is 0 Å². The zero-order valence-electron chi connectivity index (χ0n) is 15.4. The van der Waals surface area contributed by atoms with Gasteiger partial charge in [0.2, 0.25) is 0 Å². The molecule has 0 radical (unpaired) electrons. The van der Waals surface area contributed by atoms with E-state index in [1.807, 2.05) is 25.1 Å². The van der Waals surface area contributed by atoms with Crippen LogP contribution in [0.3, 0.4) is 0 Å². The molecule has 26 heavy (non-hydrogen) atoms. The van der Waals surface area contributed by atoms with Crippen molar-refractivity contribution >= 4 is 17.5 Å². The van der Waals surface area contributed by atoms with Crippen molar-refractivity contribution in [3.05, 3.63) is 35.2 Å². The van der Waals surface area contributed by atoms with Crippen molar-refractivity contribution in [1.82, 2.24) is 14.8 Å². The Balaban J connectivity index is 1.45. The molecule has 2 heterocycles. The fourth-order valence-corrected chi connectivity index (χ4v) is 5.02. The molecule has 138 valence electrons. The largest absolute Gasteiger partial charge is 0.493 e. The summed E-state index contributed by atoms with van der Waals surface area (Å²) in [6, 6.07) is 6.22. The molecular formula is C20H25N3O2S. The number of aromatic nitrogens is 3. The first-order valence-corrected chi connectivity index (χ1v) is 10.4. The molecule has 1 saturated carbocycles. The number of rotatable bonds is 5. The summed E-state index contributed by atoms with van der Waals surface area (Å²) in [5.74, 6) is 3.13. The highest BCUT2D eigenvalue weighted by Gasteiger charge is 2.25. The van der Waals surface area contributed by atoms with E-state index in [0.29, 0.717) is 18.4 Å². The topological polar surface area (TPSA) is 57.0 Å². The van der Waals surface area contributed by atoms with Gasteiger partial charge in [0.1, 0.15) is 11.6 Å². The van der Waals surface area contributed by atoms with Crippen LogP contribution in [-0.2, 0) is 6.42 Å². The van der Waals surface area contributed by atoms with Gasteiger partial charge in [0.05, 0.1) is 12.4 Å². The van der Waals surface area contributed by atoms with E-state index in [1.54, 1.807) is 0 Å². The molecule has 2 unspecified atom stereocenters. The highest BCUT2D eigenvalue weighted by molar-refractivity contribution is 7.99. The quantitative estimate of drug-likeness (QED) is 0.581. The van der Waals surface area contributed by atoms with Gasteiger partial charge in [0.25, 0.3) is 0 Å². The van der Waals surface area contributed by atoms with Gasteiger partial charge in [0.15, 0.2) is 10.9 Å². The van der Waals surface area contributed by atoms with E-state index in [9.17, 15) is 4.79 Å². The van der Waals surface area contributed by atoms with Gasteiger partial charge >= 0.3 is 0 Å². The van der Waals surface area contributed by atoms with E-state index >= 15 is 0 Å². The molecule has 0 saturated heterocycles. The predicted molar refractivity (Wildman–Crippen MR) is 102 cm³/mol. The molecule has 1 aliphatic heterocycles. The Morgan fingerprint density at radius 3 is 3.08 bits per heavy atom. The summed E-state index contributed by atoms with van der Waals surface area (Å²) < 4.78 is 7.77. The van der Waals surface area contributed by atoms with E-state index in [0.717, 1.165) is 40.2 Å². The molecule has 0 amide bonds. The fourth-order valence-electron chi connectivity index (χ4n) is 4.08. The number of ether oxygens (including phenoxy) is 1. The van der Waals surface area contributed by atoms with Crippen molar-refractivity contribution in [2.24, 2.45) is 5.92 Å². The number of fused-ring (bicyclic) bond motifs is 1. The third kappa shape index (κ3) is 3.52. The Kier molecular flexibility index (Phi) is 5.02. The van der Waals surface area contributed by atoms with Crippen LogP contribution in [0.1, 0.15) is 60.4 Å². The van der Waals surface area contributed by atoms with Crippen LogP contribution in [0.25, 0.3) is 0 Å². The van der Waals surface area contributed by atoms with Gasteiger partial charge in [-0.25, -0.2) is 0 Å². The Bertz CT molecular complexity index is 817. The molecule has 2 atom stereocenters. The molecule has 2 aliphatic rings. The van der Waals surface area contributed by atoms with Crippen molar-refractivity contribution in [3.63, 3.8) is 0 Å². The van der Waals surface area contributed by atoms with Gasteiger partial charge in [0, 0.05) is 18.0 Å². The Hall–Kier alpha value is -1.82. The summed E-state index contributed by atoms with van der Waals surface area (Å²) in [4.78, 5) is 12.6. The van der Waals surface area contributed by atoms with Gasteiger partial charge in [-0.15, -0.1) is 10.2 Å². The van der Waals surface area contributed by atoms with Crippen LogP contribution < -0.4 is 4.74 Å². The van der Waals surface area contributed by atoms with Crippen molar-refractivity contribution in [2.75, 3.05) is 12.4 Å². The molecule has 5 nitrogen and oxygen atoms in total. The van der Waals surface area contributed by atoms with E-state index in [-0.39, 0.29) is 5.78 Å². The monoisotopic (exact) mass is 371 g/mol. The minimum absolute atomic E-state index is 0.133. The lowest BCUT2D eigenvalue weighted by Gasteiger charge is -2.29. The summed E-state index contributed by atoms with van der Waals surface area (Å²) in [5, 5.41) is 9.50. The normalized spacial score (nSPS) is 22.1. The number of benzene rings is 1. The third-order valence-corrected chi connectivity index (χ3v) is 6.40. The van der Waals surface area contributed by atoms with Crippen LogP contribution in [0.15, 0.2) is 23.4 Å². The van der Waals surface area contributed by atoms with Gasteiger partial charge in [-0.1, -0.05) is 31.5 Å². The van der Waals surface area contributed by atoms with Gasteiger partial charge in [-0.3, -0.25) is 4.79 Å². The number of nitrogens with zero attached hydrogens (tertiary/aromatic N) is 3. The maximum Gasteiger partial charge on any atom is 0.191 e. The molecule has 4 rings (SSSR count). The van der Waals surface area contributed by atoms with Crippen LogP contribution >= 0.6 is 11.8 Å². The number of carbonyl (C=O) groups excluding carboxylic acids is 1. The van der Waals surface area contributed by atoms with Crippen molar-refractivity contribution in [3.8, 4) is 5.75 Å². The lowest BCUT2D eigenvalue weighted by Crippen LogP contribution is -2.19. The standard InChI is InChI=1S/C20H25N3O2S/c1-13-4-3-5-17(10-13)23-14(2)21-22-20(23)26-12-18(24)15-6-7-19-16(11-15)8-9-25-19/h6-7,11,13,17H,3-5,8-10,12H2,1-2H3. The number of thioether (sulfide) groups is 1. The number of carbonyl (C=O) groups is 1. The van der Waals surface area contributed by atoms with Crippen molar-refractivity contribution < 1.29 is 9.53 Å². The molecule has 1 aromatic heterocycles. The zero-order valence-corrected chi connectivity index (χ0v) is 16.2. The minimum atomic E-state index is 0.133. The average molecular weight is 372 g/mol. The lowest BCUT2D eigenvalue weighted by atomic mass is 9.87. The van der Waals surface area contributed by atoms with Crippen molar-refractivity contribution in [2.45, 2.75) is 57.1 Å². The summed E-state index contributed by atoms with van der Waals surface area (Å²) in [6.07, 6.45) is 5.79. The van der Waals surface area contributed by atoms with Crippen LogP contribution in [0.5, 0.6) is 5.75 Å². The summed E-state index contributed by atoms with van der Waals surface area (Å²) >= 11 is 1.51. The molecule has 0 spiro atoms. The molecular weight excluding hydrogens is 346 g/mol. The molecule has 0 N–H and O–H groups in total. The molecule has 1 fully saturated rings. The first-order valence-electron chi connectivity index (χ1n) is 9.45. The number of hydrogen-bond donors (Lipinski definition) is 0. The maximum atomic E-state index is 12.6. The molecule has 1 aliphatic carbocycles. The third-order valence-electron chi connectivity index (χ3n) is 5.45. The van der Waals surface area contributed by atoms with Gasteiger partial charge in [-0.2, -0.15) is 0 Å². The number of hydrogen-bond acceptors (Lipinski definition) is 5. The van der Waals surface area contributed by atoms with E-state index in [1.165, 1.54) is 37.4 Å². The van der Waals surface area contributed by atoms with Gasteiger partial charge in [-0.05, 0) is 49.4 Å². The highest BCUT2D eigenvalue weighted by atomic mass is 32.2. The zero-order chi connectivity index (χ0) is 18.1. The summed E-state index contributed by atoms with van der Waals surface area (Å²) in [6.45, 7) is 5.04. The Labute approximate surface area is 158 Å². The predicted octanol–water partition coefficient (Wildman–Crippen LogP) is 4.25. The van der Waals surface area contributed by atoms with E-state index in [2.05, 4.69) is 21.7 Å². The summed E-state index contributed by atoms with van der Waals surface area (Å²) in [7, 11) is 0. The number of ketones is 1. The number of aryl methyl sites for hydroxylation is 1. The van der Waals surface area contributed by atoms with Crippen LogP contribution in [0.4, 0.5) is 0 Å². The second-order valence-electron chi connectivity index (χ2n) is 7.46. The molecule has 1 aromatic carbocycles. The molecule has 2 aromatic rings.